The first-order chi connectivity index (χ1) is 16.7. The van der Waals surface area contributed by atoms with E-state index in [0.29, 0.717) is 6.42 Å². The van der Waals surface area contributed by atoms with Crippen LogP contribution >= 0.6 is 0 Å². The number of carbonyl (C=O) groups excluding carboxylic acids is 2. The van der Waals surface area contributed by atoms with E-state index in [1.54, 1.807) is 0 Å². The molecular formula is C29H33N3O2. The van der Waals surface area contributed by atoms with Crippen molar-refractivity contribution < 1.29 is 9.59 Å². The van der Waals surface area contributed by atoms with Gasteiger partial charge in [-0.25, -0.2) is 0 Å². The summed E-state index contributed by atoms with van der Waals surface area (Å²) in [6.07, 6.45) is 3.75. The van der Waals surface area contributed by atoms with Crippen LogP contribution in [0.4, 0.5) is 11.4 Å². The first-order valence-electron chi connectivity index (χ1n) is 12.2. The number of anilines is 2. The van der Waals surface area contributed by atoms with E-state index in [4.69, 9.17) is 0 Å². The molecule has 3 aromatic rings. The summed E-state index contributed by atoms with van der Waals surface area (Å²) in [5.74, 6) is -0.835. The zero-order chi connectivity index (χ0) is 23.8. The van der Waals surface area contributed by atoms with Crippen LogP contribution in [0.15, 0.2) is 84.9 Å². The van der Waals surface area contributed by atoms with Gasteiger partial charge in [0.25, 0.3) is 0 Å². The largest absolute Gasteiger partial charge is 0.371 e. The number of nitrogens with one attached hydrogen (secondary N) is 2. The van der Waals surface area contributed by atoms with Gasteiger partial charge < -0.3 is 15.5 Å². The predicted octanol–water partition coefficient (Wildman–Crippen LogP) is 5.34. The number of nitrogens with zero attached hydrogens (tertiary/aromatic N) is 1. The molecule has 0 bridgehead atoms. The molecular weight excluding hydrogens is 422 g/mol. The molecule has 0 aromatic heterocycles. The molecule has 1 unspecified atom stereocenters. The van der Waals surface area contributed by atoms with Crippen LogP contribution in [0.5, 0.6) is 0 Å². The Morgan fingerprint density at radius 3 is 2.03 bits per heavy atom. The van der Waals surface area contributed by atoms with Gasteiger partial charge in [-0.1, -0.05) is 80.1 Å². The summed E-state index contributed by atoms with van der Waals surface area (Å²) >= 11 is 0. The van der Waals surface area contributed by atoms with Crippen molar-refractivity contribution in [1.82, 2.24) is 5.32 Å². The van der Waals surface area contributed by atoms with E-state index in [2.05, 4.69) is 21.6 Å². The van der Waals surface area contributed by atoms with Gasteiger partial charge >= 0.3 is 0 Å². The fraction of sp³-hybridized carbons (Fsp3) is 0.310. The Morgan fingerprint density at radius 2 is 1.44 bits per heavy atom. The Balaban J connectivity index is 1.50. The van der Waals surface area contributed by atoms with Crippen LogP contribution in [0.2, 0.25) is 0 Å². The van der Waals surface area contributed by atoms with Crippen molar-refractivity contribution in [1.29, 1.82) is 0 Å². The normalized spacial score (nSPS) is 14.1. The van der Waals surface area contributed by atoms with Crippen molar-refractivity contribution in [3.8, 4) is 0 Å². The second-order valence-electron chi connectivity index (χ2n) is 8.84. The van der Waals surface area contributed by atoms with E-state index in [-0.39, 0.29) is 11.8 Å². The lowest BCUT2D eigenvalue weighted by molar-refractivity contribution is -0.127. The smallest absolute Gasteiger partial charge is 0.246 e. The van der Waals surface area contributed by atoms with E-state index in [1.807, 2.05) is 85.8 Å². The highest BCUT2D eigenvalue weighted by Crippen LogP contribution is 2.26. The molecule has 34 heavy (non-hydrogen) atoms. The predicted molar refractivity (Wildman–Crippen MR) is 138 cm³/mol. The highest BCUT2D eigenvalue weighted by atomic mass is 16.2. The minimum atomic E-state index is -0.608. The van der Waals surface area contributed by atoms with Crippen molar-refractivity contribution in [2.45, 2.75) is 44.6 Å². The number of hydrogen-bond acceptors (Lipinski definition) is 3. The number of hydrogen-bond donors (Lipinski definition) is 2. The number of benzene rings is 3. The van der Waals surface area contributed by atoms with Gasteiger partial charge in [0.15, 0.2) is 0 Å². The van der Waals surface area contributed by atoms with Crippen molar-refractivity contribution in [3.63, 3.8) is 0 Å². The minimum Gasteiger partial charge on any atom is -0.371 e. The van der Waals surface area contributed by atoms with Gasteiger partial charge in [-0.2, -0.15) is 0 Å². The van der Waals surface area contributed by atoms with Crippen LogP contribution in [0.25, 0.3) is 0 Å². The summed E-state index contributed by atoms with van der Waals surface area (Å²) in [7, 11) is 0. The van der Waals surface area contributed by atoms with Crippen molar-refractivity contribution in [2.75, 3.05) is 23.3 Å². The highest BCUT2D eigenvalue weighted by molar-refractivity contribution is 5.99. The third-order valence-electron chi connectivity index (χ3n) is 6.32. The zero-order valence-electron chi connectivity index (χ0n) is 19.7. The van der Waals surface area contributed by atoms with Gasteiger partial charge in [-0.3, -0.25) is 9.59 Å². The Kier molecular flexibility index (Phi) is 7.97. The maximum absolute atomic E-state index is 13.5. The van der Waals surface area contributed by atoms with E-state index in [0.717, 1.165) is 42.0 Å². The fourth-order valence-corrected chi connectivity index (χ4v) is 4.58. The fourth-order valence-electron chi connectivity index (χ4n) is 4.58. The third kappa shape index (κ3) is 5.84. The molecule has 1 saturated heterocycles. The third-order valence-corrected chi connectivity index (χ3v) is 6.32. The zero-order valence-corrected chi connectivity index (χ0v) is 19.7. The first kappa shape index (κ1) is 23.6. The second-order valence-corrected chi connectivity index (χ2v) is 8.84. The molecule has 2 amide bonds. The Labute approximate surface area is 202 Å². The van der Waals surface area contributed by atoms with E-state index >= 15 is 0 Å². The molecule has 0 radical (unpaired) electrons. The second kappa shape index (κ2) is 11.5. The van der Waals surface area contributed by atoms with Crippen LogP contribution in [-0.4, -0.2) is 30.9 Å². The molecule has 0 saturated carbocycles. The highest BCUT2D eigenvalue weighted by Gasteiger charge is 2.27. The van der Waals surface area contributed by atoms with Gasteiger partial charge in [-0.05, 0) is 48.6 Å². The molecule has 5 nitrogen and oxygen atoms in total. The SMILES string of the molecule is CCCC(NC(=O)C(c1ccccc1)c1ccccc1)C(=O)Nc1cccc(N2CCCC2)c1. The molecule has 1 heterocycles. The lowest BCUT2D eigenvalue weighted by atomic mass is 9.90. The van der Waals surface area contributed by atoms with Crippen LogP contribution in [0.3, 0.4) is 0 Å². The van der Waals surface area contributed by atoms with Crippen LogP contribution in [0.1, 0.15) is 49.7 Å². The first-order valence-corrected chi connectivity index (χ1v) is 12.2. The summed E-state index contributed by atoms with van der Waals surface area (Å²) in [6.45, 7) is 4.12. The van der Waals surface area contributed by atoms with Gasteiger partial charge in [0, 0.05) is 24.5 Å². The van der Waals surface area contributed by atoms with E-state index in [9.17, 15) is 9.59 Å². The average molecular weight is 456 g/mol. The summed E-state index contributed by atoms with van der Waals surface area (Å²) < 4.78 is 0. The molecule has 1 atom stereocenters. The summed E-state index contributed by atoms with van der Waals surface area (Å²) in [5, 5.41) is 6.08. The van der Waals surface area contributed by atoms with Gasteiger partial charge in [0.05, 0.1) is 5.92 Å². The van der Waals surface area contributed by atoms with Crippen molar-refractivity contribution in [3.05, 3.63) is 96.1 Å². The molecule has 4 rings (SSSR count). The molecule has 0 aliphatic carbocycles. The maximum Gasteiger partial charge on any atom is 0.246 e. The van der Waals surface area contributed by atoms with E-state index in [1.165, 1.54) is 12.8 Å². The monoisotopic (exact) mass is 455 g/mol. The molecule has 1 aliphatic heterocycles. The summed E-state index contributed by atoms with van der Waals surface area (Å²) in [6, 6.07) is 26.8. The molecule has 2 N–H and O–H groups in total. The molecule has 5 heteroatoms. The van der Waals surface area contributed by atoms with Gasteiger partial charge in [-0.15, -0.1) is 0 Å². The maximum atomic E-state index is 13.5. The minimum absolute atomic E-state index is 0.170. The lowest BCUT2D eigenvalue weighted by Gasteiger charge is -2.23. The molecule has 3 aromatic carbocycles. The van der Waals surface area contributed by atoms with Crippen LogP contribution in [0, 0.1) is 0 Å². The number of amides is 2. The molecule has 0 spiro atoms. The van der Waals surface area contributed by atoms with Crippen LogP contribution in [-0.2, 0) is 9.59 Å². The quantitative estimate of drug-likeness (QED) is 0.458. The molecule has 1 aliphatic rings. The Bertz CT molecular complexity index is 1040. The standard InChI is InChI=1S/C29H33N3O2/c1-2-12-26(28(33)30-24-17-11-18-25(21-24)32-19-9-10-20-32)31-29(34)27(22-13-5-3-6-14-22)23-15-7-4-8-16-23/h3-8,11,13-18,21,26-27H,2,9-10,12,19-20H2,1H3,(H,30,33)(H,31,34). The van der Waals surface area contributed by atoms with Crippen molar-refractivity contribution >= 4 is 23.2 Å². The van der Waals surface area contributed by atoms with Gasteiger partial charge in [0.1, 0.15) is 6.04 Å². The Hall–Kier alpha value is -3.60. The lowest BCUT2D eigenvalue weighted by Crippen LogP contribution is -2.45. The summed E-state index contributed by atoms with van der Waals surface area (Å²) in [5.41, 5.74) is 3.69. The van der Waals surface area contributed by atoms with Crippen LogP contribution < -0.4 is 15.5 Å². The number of carbonyl (C=O) groups is 2. The number of rotatable bonds is 9. The topological polar surface area (TPSA) is 61.4 Å². The average Bonchev–Trinajstić information content (AvgIpc) is 3.41. The molecule has 1 fully saturated rings. The van der Waals surface area contributed by atoms with E-state index < -0.39 is 12.0 Å². The summed E-state index contributed by atoms with van der Waals surface area (Å²) in [4.78, 5) is 29.1. The Morgan fingerprint density at radius 1 is 0.824 bits per heavy atom. The van der Waals surface area contributed by atoms with Gasteiger partial charge in [0.2, 0.25) is 11.8 Å². The molecule has 176 valence electrons. The van der Waals surface area contributed by atoms with Crippen molar-refractivity contribution in [2.24, 2.45) is 0 Å².